The molecule has 94 valence electrons. The van der Waals surface area contributed by atoms with E-state index in [9.17, 15) is 0 Å². The first-order valence-electron chi connectivity index (χ1n) is 6.24. The molecule has 0 aliphatic heterocycles. The van der Waals surface area contributed by atoms with Crippen LogP contribution in [-0.4, -0.2) is 12.0 Å². The maximum atomic E-state index is 4.21. The van der Waals surface area contributed by atoms with Crippen molar-refractivity contribution >= 4 is 27.8 Å². The number of nitrogens with one attached hydrogen (secondary N) is 2. The van der Waals surface area contributed by atoms with Crippen LogP contribution < -0.4 is 10.6 Å². The monoisotopic (exact) mass is 249 g/mol. The first kappa shape index (κ1) is 11.5. The van der Waals surface area contributed by atoms with Gasteiger partial charge in [0.25, 0.3) is 0 Å². The molecule has 1 heterocycles. The van der Waals surface area contributed by atoms with Crippen LogP contribution in [0.3, 0.4) is 0 Å². The van der Waals surface area contributed by atoms with Crippen LogP contribution in [0, 0.1) is 0 Å². The van der Waals surface area contributed by atoms with Gasteiger partial charge in [-0.25, -0.2) is 0 Å². The fourth-order valence-corrected chi connectivity index (χ4v) is 2.13. The highest BCUT2D eigenvalue weighted by Gasteiger charge is 2.01. The average molecular weight is 249 g/mol. The summed E-state index contributed by atoms with van der Waals surface area (Å²) in [5.74, 6) is 0. The van der Waals surface area contributed by atoms with Gasteiger partial charge in [0, 0.05) is 18.1 Å². The van der Waals surface area contributed by atoms with E-state index >= 15 is 0 Å². The highest BCUT2D eigenvalue weighted by Crippen LogP contribution is 2.26. The normalized spacial score (nSPS) is 10.4. The molecule has 0 amide bonds. The van der Waals surface area contributed by atoms with Crippen LogP contribution >= 0.6 is 0 Å². The van der Waals surface area contributed by atoms with E-state index in [4.69, 9.17) is 0 Å². The van der Waals surface area contributed by atoms with Crippen LogP contribution in [0.25, 0.3) is 10.8 Å². The fourth-order valence-electron chi connectivity index (χ4n) is 2.13. The zero-order chi connectivity index (χ0) is 13.1. The number of anilines is 3. The van der Waals surface area contributed by atoms with Crippen molar-refractivity contribution in [2.45, 2.75) is 0 Å². The van der Waals surface area contributed by atoms with Gasteiger partial charge >= 0.3 is 0 Å². The van der Waals surface area contributed by atoms with Gasteiger partial charge in [-0.05, 0) is 17.5 Å². The molecule has 2 N–H and O–H groups in total. The molecule has 19 heavy (non-hydrogen) atoms. The Balaban J connectivity index is 2.01. The predicted molar refractivity (Wildman–Crippen MR) is 81.0 cm³/mol. The average Bonchev–Trinajstić information content (AvgIpc) is 2.48. The minimum Gasteiger partial charge on any atom is -0.387 e. The van der Waals surface area contributed by atoms with Gasteiger partial charge in [0.05, 0.1) is 23.8 Å². The van der Waals surface area contributed by atoms with E-state index in [0.29, 0.717) is 0 Å². The number of pyridine rings is 1. The van der Waals surface area contributed by atoms with Crippen molar-refractivity contribution in [2.24, 2.45) is 0 Å². The lowest BCUT2D eigenvalue weighted by Gasteiger charge is -2.10. The molecule has 0 radical (unpaired) electrons. The van der Waals surface area contributed by atoms with Crippen molar-refractivity contribution in [3.05, 3.63) is 60.9 Å². The molecule has 0 atom stereocenters. The Morgan fingerprint density at radius 3 is 2.58 bits per heavy atom. The van der Waals surface area contributed by atoms with E-state index in [1.807, 2.05) is 19.3 Å². The topological polar surface area (TPSA) is 37.0 Å². The predicted octanol–water partition coefficient (Wildman–Crippen LogP) is 4.02. The molecule has 0 saturated carbocycles. The summed E-state index contributed by atoms with van der Waals surface area (Å²) in [4.78, 5) is 4.21. The second-order valence-corrected chi connectivity index (χ2v) is 4.36. The number of fused-ring (bicyclic) bond motifs is 1. The standard InChI is InChI=1S/C16H15N3/c1-17-13-9-14(11-18-10-13)19-16-8-4-6-12-5-2-3-7-15(12)16/h2-11,17,19H,1H3. The minimum atomic E-state index is 0.975. The lowest BCUT2D eigenvalue weighted by molar-refractivity contribution is 1.31. The molecule has 3 aromatic rings. The van der Waals surface area contributed by atoms with Gasteiger partial charge in [-0.2, -0.15) is 0 Å². The summed E-state index contributed by atoms with van der Waals surface area (Å²) in [6.45, 7) is 0. The molecular formula is C16H15N3. The molecule has 3 rings (SSSR count). The van der Waals surface area contributed by atoms with Gasteiger partial charge in [0.15, 0.2) is 0 Å². The zero-order valence-corrected chi connectivity index (χ0v) is 10.7. The molecule has 0 aliphatic carbocycles. The van der Waals surface area contributed by atoms with Crippen LogP contribution in [0.4, 0.5) is 17.1 Å². The first-order valence-corrected chi connectivity index (χ1v) is 6.24. The third kappa shape index (κ3) is 2.36. The molecule has 0 saturated heterocycles. The molecule has 3 heteroatoms. The molecule has 0 unspecified atom stereocenters. The Morgan fingerprint density at radius 1 is 0.895 bits per heavy atom. The van der Waals surface area contributed by atoms with E-state index in [2.05, 4.69) is 58.1 Å². The van der Waals surface area contributed by atoms with Crippen molar-refractivity contribution in [1.82, 2.24) is 4.98 Å². The van der Waals surface area contributed by atoms with Crippen molar-refractivity contribution < 1.29 is 0 Å². The summed E-state index contributed by atoms with van der Waals surface area (Å²) in [6, 6.07) is 16.6. The zero-order valence-electron chi connectivity index (χ0n) is 10.7. The van der Waals surface area contributed by atoms with Crippen molar-refractivity contribution in [3.63, 3.8) is 0 Å². The number of nitrogens with zero attached hydrogens (tertiary/aromatic N) is 1. The highest BCUT2D eigenvalue weighted by atomic mass is 14.9. The third-order valence-electron chi connectivity index (χ3n) is 3.10. The summed E-state index contributed by atoms with van der Waals surface area (Å²) in [5, 5.41) is 8.94. The van der Waals surface area contributed by atoms with Crippen molar-refractivity contribution in [1.29, 1.82) is 0 Å². The summed E-state index contributed by atoms with van der Waals surface area (Å²) >= 11 is 0. The second-order valence-electron chi connectivity index (χ2n) is 4.36. The quantitative estimate of drug-likeness (QED) is 0.736. The number of rotatable bonds is 3. The molecule has 0 aliphatic rings. The van der Waals surface area contributed by atoms with Crippen LogP contribution in [0.5, 0.6) is 0 Å². The number of aromatic nitrogens is 1. The van der Waals surface area contributed by atoms with E-state index in [-0.39, 0.29) is 0 Å². The SMILES string of the molecule is CNc1cncc(Nc2cccc3ccccc23)c1. The highest BCUT2D eigenvalue weighted by molar-refractivity contribution is 5.95. The Hall–Kier alpha value is -2.55. The molecule has 0 fully saturated rings. The van der Waals surface area contributed by atoms with E-state index in [1.165, 1.54) is 10.8 Å². The summed E-state index contributed by atoms with van der Waals surface area (Å²) in [7, 11) is 1.89. The van der Waals surface area contributed by atoms with E-state index < -0.39 is 0 Å². The molecule has 3 nitrogen and oxygen atoms in total. The summed E-state index contributed by atoms with van der Waals surface area (Å²) in [6.07, 6.45) is 3.62. The smallest absolute Gasteiger partial charge is 0.0591 e. The molecule has 0 spiro atoms. The number of hydrogen-bond donors (Lipinski definition) is 2. The van der Waals surface area contributed by atoms with Crippen molar-refractivity contribution in [2.75, 3.05) is 17.7 Å². The van der Waals surface area contributed by atoms with E-state index in [0.717, 1.165) is 17.1 Å². The molecular weight excluding hydrogens is 234 g/mol. The number of benzene rings is 2. The Kier molecular flexibility index (Phi) is 3.02. The fraction of sp³-hybridized carbons (Fsp3) is 0.0625. The van der Waals surface area contributed by atoms with Crippen LogP contribution in [-0.2, 0) is 0 Å². The molecule has 0 bridgehead atoms. The third-order valence-corrected chi connectivity index (χ3v) is 3.10. The van der Waals surface area contributed by atoms with Crippen LogP contribution in [0.15, 0.2) is 60.9 Å². The number of hydrogen-bond acceptors (Lipinski definition) is 3. The van der Waals surface area contributed by atoms with Gasteiger partial charge in [-0.1, -0.05) is 36.4 Å². The first-order chi connectivity index (χ1) is 9.36. The Bertz CT molecular complexity index is 702. The van der Waals surface area contributed by atoms with Gasteiger partial charge in [-0.3, -0.25) is 4.98 Å². The summed E-state index contributed by atoms with van der Waals surface area (Å²) in [5.41, 5.74) is 3.06. The maximum absolute atomic E-state index is 4.21. The lowest BCUT2D eigenvalue weighted by Crippen LogP contribution is -1.95. The second kappa shape index (κ2) is 4.98. The van der Waals surface area contributed by atoms with Gasteiger partial charge in [0.2, 0.25) is 0 Å². The van der Waals surface area contributed by atoms with Crippen LogP contribution in [0.2, 0.25) is 0 Å². The van der Waals surface area contributed by atoms with Gasteiger partial charge in [-0.15, -0.1) is 0 Å². The van der Waals surface area contributed by atoms with Gasteiger partial charge in [0.1, 0.15) is 0 Å². The summed E-state index contributed by atoms with van der Waals surface area (Å²) < 4.78 is 0. The molecule has 1 aromatic heterocycles. The maximum Gasteiger partial charge on any atom is 0.0591 e. The van der Waals surface area contributed by atoms with Crippen molar-refractivity contribution in [3.8, 4) is 0 Å². The molecule has 2 aromatic carbocycles. The lowest BCUT2D eigenvalue weighted by atomic mass is 10.1. The minimum absolute atomic E-state index is 0.975. The Morgan fingerprint density at radius 2 is 1.68 bits per heavy atom. The van der Waals surface area contributed by atoms with E-state index in [1.54, 1.807) is 6.20 Å². The van der Waals surface area contributed by atoms with Gasteiger partial charge < -0.3 is 10.6 Å². The largest absolute Gasteiger partial charge is 0.387 e. The Labute approximate surface area is 112 Å². The van der Waals surface area contributed by atoms with Crippen LogP contribution in [0.1, 0.15) is 0 Å².